The average molecular weight is 931 g/mol. The van der Waals surface area contributed by atoms with Gasteiger partial charge in [-0.1, -0.05) is 24.4 Å². The van der Waals surface area contributed by atoms with E-state index >= 15 is 4.39 Å². The second-order valence-electron chi connectivity index (χ2n) is 19.2. The molecule has 2 aromatic carbocycles. The summed E-state index contributed by atoms with van der Waals surface area (Å²) in [5.41, 5.74) is 0.777. The van der Waals surface area contributed by atoms with Crippen molar-refractivity contribution in [1.82, 2.24) is 33.9 Å². The second-order valence-corrected chi connectivity index (χ2v) is 21.8. The molecule has 5 fully saturated rings. The summed E-state index contributed by atoms with van der Waals surface area (Å²) in [6.07, 6.45) is 9.46. The van der Waals surface area contributed by atoms with E-state index in [2.05, 4.69) is 20.5 Å². The number of nitrogens with one attached hydrogen (secondary N) is 2. The summed E-state index contributed by atoms with van der Waals surface area (Å²) >= 11 is 6.30. The predicted molar refractivity (Wildman–Crippen MR) is 244 cm³/mol. The van der Waals surface area contributed by atoms with Gasteiger partial charge in [0.1, 0.15) is 22.2 Å². The number of imide groups is 1. The summed E-state index contributed by atoms with van der Waals surface area (Å²) < 4.78 is 48.3. The van der Waals surface area contributed by atoms with Crippen molar-refractivity contribution in [3.8, 4) is 0 Å². The lowest BCUT2D eigenvalue weighted by atomic mass is 9.63. The van der Waals surface area contributed by atoms with Gasteiger partial charge in [0.05, 0.1) is 27.0 Å². The molecule has 3 aromatic heterocycles. The topological polar surface area (TPSA) is 194 Å². The van der Waals surface area contributed by atoms with Crippen molar-refractivity contribution in [3.05, 3.63) is 79.8 Å². The number of piperidine rings is 3. The van der Waals surface area contributed by atoms with Gasteiger partial charge in [0.15, 0.2) is 15.7 Å². The van der Waals surface area contributed by atoms with Crippen molar-refractivity contribution in [2.24, 2.45) is 12.5 Å². The number of imidazole rings is 1. The van der Waals surface area contributed by atoms with E-state index in [-0.39, 0.29) is 50.8 Å². The maximum atomic E-state index is 16.2. The number of carbonyl (C=O) groups excluding carboxylic acids is 2. The minimum absolute atomic E-state index is 0.0286. The highest BCUT2D eigenvalue weighted by Gasteiger charge is 2.51. The van der Waals surface area contributed by atoms with Crippen LogP contribution in [0.25, 0.3) is 22.1 Å². The molecule has 5 aliphatic rings. The van der Waals surface area contributed by atoms with Gasteiger partial charge in [-0.2, -0.15) is 4.98 Å². The molecule has 2 amide bonds. The summed E-state index contributed by atoms with van der Waals surface area (Å²) in [4.78, 5) is 64.3. The van der Waals surface area contributed by atoms with Gasteiger partial charge in [0.2, 0.25) is 17.8 Å². The number of carbonyl (C=O) groups is 2. The summed E-state index contributed by atoms with van der Waals surface area (Å²) in [5, 5.41) is 17.6. The molecule has 3 saturated heterocycles. The number of aryl methyl sites for hydroxylation is 2. The number of anilines is 3. The number of halogens is 2. The van der Waals surface area contributed by atoms with E-state index in [0.29, 0.717) is 73.7 Å². The number of nitrogens with zero attached hydrogens (tertiary/aromatic N) is 7. The van der Waals surface area contributed by atoms with E-state index in [1.54, 1.807) is 47.2 Å². The first kappa shape index (κ1) is 43.7. The quantitative estimate of drug-likeness (QED) is 0.159. The Hall–Kier alpha value is -5.17. The number of aromatic nitrogens is 5. The number of hydrogen-bond acceptors (Lipinski definition) is 12. The van der Waals surface area contributed by atoms with Gasteiger partial charge in [-0.25, -0.2) is 22.6 Å². The van der Waals surface area contributed by atoms with Crippen molar-refractivity contribution in [1.29, 1.82) is 0 Å². The van der Waals surface area contributed by atoms with E-state index in [1.807, 2.05) is 11.8 Å². The van der Waals surface area contributed by atoms with Gasteiger partial charge in [-0.05, 0) is 125 Å². The third kappa shape index (κ3) is 7.72. The van der Waals surface area contributed by atoms with Gasteiger partial charge in [0.25, 0.3) is 5.56 Å². The number of likely N-dealkylation sites (tertiary alicyclic amines) is 1. The van der Waals surface area contributed by atoms with E-state index in [1.165, 1.54) is 16.2 Å². The molecule has 344 valence electrons. The van der Waals surface area contributed by atoms with Crippen LogP contribution >= 0.6 is 11.6 Å². The lowest BCUT2D eigenvalue weighted by Crippen LogP contribution is -2.56. The Balaban J connectivity index is 0.737. The summed E-state index contributed by atoms with van der Waals surface area (Å²) in [5.74, 6) is -1.25. The summed E-state index contributed by atoms with van der Waals surface area (Å²) in [7, 11) is -2.11. The van der Waals surface area contributed by atoms with Crippen LogP contribution in [0.5, 0.6) is 0 Å². The zero-order valence-electron chi connectivity index (χ0n) is 36.5. The van der Waals surface area contributed by atoms with Crippen LogP contribution in [-0.4, -0.2) is 97.5 Å². The van der Waals surface area contributed by atoms with Crippen molar-refractivity contribution in [3.63, 3.8) is 0 Å². The Labute approximate surface area is 379 Å². The molecule has 1 spiro atoms. The fraction of sp³-hybridized carbons (Fsp3) is 0.522. The molecule has 3 N–H and O–H groups in total. The summed E-state index contributed by atoms with van der Waals surface area (Å²) in [6, 6.07) is 9.05. The molecule has 10 rings (SSSR count). The molecular formula is C46H53ClFN9O7S. The highest BCUT2D eigenvalue weighted by Crippen LogP contribution is 2.53. The molecule has 1 unspecified atom stereocenters. The molecule has 5 aromatic rings. The third-order valence-electron chi connectivity index (χ3n) is 15.1. The zero-order valence-corrected chi connectivity index (χ0v) is 38.1. The summed E-state index contributed by atoms with van der Waals surface area (Å²) in [6.45, 7) is 4.64. The fourth-order valence-electron chi connectivity index (χ4n) is 11.3. The van der Waals surface area contributed by atoms with Crippen LogP contribution in [0.3, 0.4) is 0 Å². The van der Waals surface area contributed by atoms with Crippen molar-refractivity contribution >= 4 is 72.6 Å². The SMILES string of the molecule is Cc1cc(S(=O)(=O)C2CC3(CCN(CC4(O)CCN(c5ccc6c(c5F)n(C)c(=O)n6C5CCC(=O)NC5=O)CC4)CC3)C2)ccc1Nc1ncc2cc(Cl)c(=O)n(C3CCCC3)c2n1. The Morgan fingerprint density at radius 1 is 0.954 bits per heavy atom. The maximum absolute atomic E-state index is 16.2. The standard InChI is InChI=1S/C46H53ClFN9O7S/c1-27-21-30(7-8-33(27)50-43-49-25-28-22-32(47)42(60)56(40(28)52-43)29-5-3-4-6-29)65(63,64)31-23-45(24-31)13-17-54(18-14-45)26-46(62)15-19-55(20-16-46)34-9-10-35-39(38(34)48)53(2)44(61)57(35)36-11-12-37(58)51-41(36)59/h7-10,21-22,25,29,31,36,62H,3-6,11-20,23-24,26H2,1-2H3,(H,49,50,52)(H,51,58,59). The van der Waals surface area contributed by atoms with Gasteiger partial charge >= 0.3 is 5.69 Å². The van der Waals surface area contributed by atoms with Gasteiger partial charge in [-0.3, -0.25) is 33.4 Å². The van der Waals surface area contributed by atoms with Crippen LogP contribution in [0.15, 0.2) is 57.1 Å². The Bertz CT molecular complexity index is 2990. The van der Waals surface area contributed by atoms with E-state index < -0.39 is 50.1 Å². The monoisotopic (exact) mass is 929 g/mol. The van der Waals surface area contributed by atoms with Crippen LogP contribution in [0.1, 0.15) is 94.7 Å². The van der Waals surface area contributed by atoms with Gasteiger partial charge in [-0.15, -0.1) is 0 Å². The maximum Gasteiger partial charge on any atom is 0.329 e. The Morgan fingerprint density at radius 3 is 2.37 bits per heavy atom. The van der Waals surface area contributed by atoms with E-state index in [4.69, 9.17) is 16.6 Å². The lowest BCUT2D eigenvalue weighted by Gasteiger charge is -2.52. The largest absolute Gasteiger partial charge is 0.388 e. The molecule has 6 heterocycles. The molecule has 2 aliphatic carbocycles. The predicted octanol–water partition coefficient (Wildman–Crippen LogP) is 5.43. The number of fused-ring (bicyclic) bond motifs is 2. The smallest absolute Gasteiger partial charge is 0.329 e. The lowest BCUT2D eigenvalue weighted by molar-refractivity contribution is -0.135. The number of β-amino-alcohol motifs (C(OH)–C–C–N with tert-alkyl or cyclic N) is 1. The first-order valence-electron chi connectivity index (χ1n) is 22.7. The van der Waals surface area contributed by atoms with Crippen LogP contribution in [0.4, 0.5) is 21.7 Å². The molecule has 2 saturated carbocycles. The number of pyridine rings is 1. The van der Waals surface area contributed by atoms with Crippen LogP contribution < -0.4 is 26.8 Å². The van der Waals surface area contributed by atoms with Crippen LogP contribution in [0, 0.1) is 18.2 Å². The number of rotatable bonds is 9. The first-order chi connectivity index (χ1) is 31.0. The van der Waals surface area contributed by atoms with Crippen molar-refractivity contribution in [2.45, 2.75) is 112 Å². The van der Waals surface area contributed by atoms with Gasteiger partial charge in [0, 0.05) is 56.4 Å². The van der Waals surface area contributed by atoms with Gasteiger partial charge < -0.3 is 20.2 Å². The first-order valence-corrected chi connectivity index (χ1v) is 24.6. The van der Waals surface area contributed by atoms with Crippen molar-refractivity contribution < 1.29 is 27.5 Å². The van der Waals surface area contributed by atoms with E-state index in [9.17, 15) is 32.7 Å². The highest BCUT2D eigenvalue weighted by atomic mass is 35.5. The molecule has 65 heavy (non-hydrogen) atoms. The Kier molecular flexibility index (Phi) is 11.0. The molecule has 16 nitrogen and oxygen atoms in total. The normalized spacial score (nSPS) is 21.9. The molecule has 0 radical (unpaired) electrons. The number of aliphatic hydroxyl groups is 1. The van der Waals surface area contributed by atoms with Crippen LogP contribution in [0.2, 0.25) is 5.02 Å². The number of amides is 2. The molecule has 1 atom stereocenters. The minimum Gasteiger partial charge on any atom is -0.388 e. The molecule has 3 aliphatic heterocycles. The highest BCUT2D eigenvalue weighted by molar-refractivity contribution is 7.92. The minimum atomic E-state index is -3.58. The van der Waals surface area contributed by atoms with E-state index in [0.717, 1.165) is 57.2 Å². The Morgan fingerprint density at radius 2 is 1.68 bits per heavy atom. The molecular weight excluding hydrogens is 877 g/mol. The average Bonchev–Trinajstić information content (AvgIpc) is 3.88. The number of hydrogen-bond donors (Lipinski definition) is 3. The number of sulfone groups is 1. The second kappa shape index (κ2) is 16.3. The fourth-order valence-corrected chi connectivity index (χ4v) is 13.6. The molecule has 19 heteroatoms. The van der Waals surface area contributed by atoms with Crippen LogP contribution in [-0.2, 0) is 26.5 Å². The number of benzene rings is 2. The zero-order chi connectivity index (χ0) is 45.6. The molecule has 0 bridgehead atoms. The van der Waals surface area contributed by atoms with Crippen molar-refractivity contribution in [2.75, 3.05) is 42.9 Å². The third-order valence-corrected chi connectivity index (χ3v) is 17.5.